The minimum Gasteiger partial charge on any atom is -0.481 e. The van der Waals surface area contributed by atoms with Gasteiger partial charge in [0.1, 0.15) is 18.1 Å². The molecule has 0 aliphatic rings. The summed E-state index contributed by atoms with van der Waals surface area (Å²) in [6.07, 6.45) is -0.960. The normalized spacial score (nSPS) is 13.5. The molecule has 0 bridgehead atoms. The van der Waals surface area contributed by atoms with E-state index < -0.39 is 66.2 Å². The van der Waals surface area contributed by atoms with Crippen LogP contribution in [0.15, 0.2) is 35.3 Å². The lowest BCUT2D eigenvalue weighted by atomic mass is 10.0. The first kappa shape index (κ1) is 33.3. The van der Waals surface area contributed by atoms with Crippen molar-refractivity contribution >= 4 is 41.5 Å². The second kappa shape index (κ2) is 17.0. The molecule has 220 valence electrons. The van der Waals surface area contributed by atoms with E-state index in [0.29, 0.717) is 12.0 Å². The van der Waals surface area contributed by atoms with E-state index in [9.17, 15) is 33.9 Å². The van der Waals surface area contributed by atoms with Crippen LogP contribution in [-0.4, -0.2) is 82.5 Å². The second-order valence-corrected chi connectivity index (χ2v) is 8.87. The zero-order chi connectivity index (χ0) is 30.2. The highest BCUT2D eigenvalue weighted by molar-refractivity contribution is 5.95. The van der Waals surface area contributed by atoms with Gasteiger partial charge < -0.3 is 49.1 Å². The maximum absolute atomic E-state index is 13.2. The van der Waals surface area contributed by atoms with Gasteiger partial charge in [0.05, 0.1) is 12.5 Å². The molecule has 40 heavy (non-hydrogen) atoms. The summed E-state index contributed by atoms with van der Waals surface area (Å²) in [5, 5.41) is 25.3. The molecule has 0 aromatic heterocycles. The number of aliphatic carboxylic acids is 2. The second-order valence-electron chi connectivity index (χ2n) is 8.87. The highest BCUT2D eigenvalue weighted by Crippen LogP contribution is 2.07. The third-order valence-electron chi connectivity index (χ3n) is 5.53. The van der Waals surface area contributed by atoms with Crippen LogP contribution in [0.5, 0.6) is 0 Å². The Labute approximate surface area is 229 Å². The molecule has 0 spiro atoms. The molecule has 0 heterocycles. The lowest BCUT2D eigenvalue weighted by molar-refractivity contribution is -0.147. The van der Waals surface area contributed by atoms with Crippen LogP contribution in [0.25, 0.3) is 0 Å². The molecule has 4 amide bonds. The van der Waals surface area contributed by atoms with Crippen LogP contribution in [0, 0.1) is 0 Å². The number of carboxylic acids is 2. The molecule has 0 saturated carbocycles. The predicted octanol–water partition coefficient (Wildman–Crippen LogP) is -3.11. The van der Waals surface area contributed by atoms with Crippen molar-refractivity contribution < 1.29 is 39.0 Å². The molecule has 0 aliphatic carbocycles. The Morgan fingerprint density at radius 3 is 1.93 bits per heavy atom. The molecule has 13 N–H and O–H groups in total. The minimum atomic E-state index is -1.76. The fourth-order valence-corrected chi connectivity index (χ4v) is 3.46. The summed E-state index contributed by atoms with van der Waals surface area (Å²) in [6, 6.07) is 2.90. The monoisotopic (exact) mass is 564 g/mol. The topological polar surface area (TPSA) is 295 Å². The van der Waals surface area contributed by atoms with E-state index in [4.69, 9.17) is 28.0 Å². The van der Waals surface area contributed by atoms with Gasteiger partial charge in [-0.3, -0.25) is 29.0 Å². The Balaban J connectivity index is 3.09. The molecule has 1 aromatic carbocycles. The van der Waals surface area contributed by atoms with E-state index in [1.165, 1.54) is 0 Å². The van der Waals surface area contributed by atoms with Crippen molar-refractivity contribution in [1.29, 1.82) is 0 Å². The number of carbonyl (C=O) groups is 6. The maximum Gasteiger partial charge on any atom is 0.326 e. The third-order valence-corrected chi connectivity index (χ3v) is 5.53. The number of nitrogens with two attached hydrogens (primary N) is 4. The van der Waals surface area contributed by atoms with Crippen molar-refractivity contribution in [1.82, 2.24) is 16.0 Å². The lowest BCUT2D eigenvalue weighted by Crippen LogP contribution is -2.57. The van der Waals surface area contributed by atoms with E-state index >= 15 is 0 Å². The molecule has 0 aliphatic heterocycles. The predicted molar refractivity (Wildman–Crippen MR) is 142 cm³/mol. The Morgan fingerprint density at radius 2 is 1.38 bits per heavy atom. The van der Waals surface area contributed by atoms with Gasteiger partial charge >= 0.3 is 11.9 Å². The van der Waals surface area contributed by atoms with E-state index in [1.54, 1.807) is 30.3 Å². The van der Waals surface area contributed by atoms with Crippen LogP contribution in [0.4, 0.5) is 0 Å². The number of aliphatic imine (C=N–C) groups is 1. The van der Waals surface area contributed by atoms with E-state index in [-0.39, 0.29) is 38.2 Å². The highest BCUT2D eigenvalue weighted by atomic mass is 16.4. The van der Waals surface area contributed by atoms with Gasteiger partial charge in [-0.05, 0) is 24.8 Å². The lowest BCUT2D eigenvalue weighted by Gasteiger charge is -2.25. The summed E-state index contributed by atoms with van der Waals surface area (Å²) in [7, 11) is 0. The van der Waals surface area contributed by atoms with E-state index in [2.05, 4.69) is 20.9 Å². The minimum absolute atomic E-state index is 0.0986. The van der Waals surface area contributed by atoms with Crippen molar-refractivity contribution in [3.8, 4) is 0 Å². The van der Waals surface area contributed by atoms with Gasteiger partial charge in [0.25, 0.3) is 0 Å². The number of benzene rings is 1. The van der Waals surface area contributed by atoms with Crippen LogP contribution in [0.1, 0.15) is 37.7 Å². The van der Waals surface area contributed by atoms with Crippen LogP contribution >= 0.6 is 0 Å². The van der Waals surface area contributed by atoms with Gasteiger partial charge in [0.15, 0.2) is 5.96 Å². The van der Waals surface area contributed by atoms with Crippen LogP contribution in [0.2, 0.25) is 0 Å². The number of carbonyl (C=O) groups excluding carboxylic acids is 4. The largest absolute Gasteiger partial charge is 0.481 e. The number of hydrogen-bond acceptors (Lipinski definition) is 8. The summed E-state index contributed by atoms with van der Waals surface area (Å²) in [5.41, 5.74) is 22.2. The Kier molecular flexibility index (Phi) is 14.1. The molecular formula is C24H36N8O8. The number of guanidine groups is 1. The number of amides is 4. The number of hydrogen-bond donors (Lipinski definition) is 9. The molecule has 4 atom stereocenters. The molecule has 16 nitrogen and oxygen atoms in total. The van der Waals surface area contributed by atoms with Crippen LogP contribution in [0.3, 0.4) is 0 Å². The van der Waals surface area contributed by atoms with Crippen molar-refractivity contribution in [3.05, 3.63) is 35.9 Å². The van der Waals surface area contributed by atoms with Gasteiger partial charge in [-0.1, -0.05) is 30.3 Å². The number of rotatable bonds is 18. The average Bonchev–Trinajstić information content (AvgIpc) is 2.87. The van der Waals surface area contributed by atoms with Crippen molar-refractivity contribution in [3.63, 3.8) is 0 Å². The summed E-state index contributed by atoms with van der Waals surface area (Å²) >= 11 is 0. The molecule has 0 saturated heterocycles. The first-order valence-electron chi connectivity index (χ1n) is 12.3. The van der Waals surface area contributed by atoms with Gasteiger partial charge in [0, 0.05) is 19.4 Å². The van der Waals surface area contributed by atoms with Crippen molar-refractivity contribution in [2.45, 2.75) is 62.7 Å². The molecule has 1 rings (SSSR count). The van der Waals surface area contributed by atoms with Gasteiger partial charge in [-0.2, -0.15) is 0 Å². The zero-order valence-corrected chi connectivity index (χ0v) is 21.7. The van der Waals surface area contributed by atoms with E-state index in [0.717, 1.165) is 0 Å². The summed E-state index contributed by atoms with van der Waals surface area (Å²) in [4.78, 5) is 76.5. The summed E-state index contributed by atoms with van der Waals surface area (Å²) < 4.78 is 0. The number of nitrogens with one attached hydrogen (secondary N) is 3. The van der Waals surface area contributed by atoms with Crippen LogP contribution < -0.4 is 38.9 Å². The molecule has 0 radical (unpaired) electrons. The van der Waals surface area contributed by atoms with Crippen molar-refractivity contribution in [2.75, 3.05) is 6.54 Å². The standard InChI is InChI=1S/C24H36N8O8/c25-14(7-4-10-29-24(27)28)20(36)30-15(8-9-18(26)33)21(37)31-16(11-13-5-2-1-3-6-13)22(38)32-17(23(39)40)12-19(34)35/h1-3,5-6,14-17H,4,7-12,25H2,(H2,26,33)(H,30,36)(H,31,37)(H,32,38)(H,34,35)(H,39,40)(H4,27,28,29). The summed E-state index contributed by atoms with van der Waals surface area (Å²) in [5.74, 6) is -6.46. The van der Waals surface area contributed by atoms with Gasteiger partial charge in [0.2, 0.25) is 23.6 Å². The molecule has 0 fully saturated rings. The highest BCUT2D eigenvalue weighted by Gasteiger charge is 2.31. The third kappa shape index (κ3) is 13.2. The number of primary amides is 1. The zero-order valence-electron chi connectivity index (χ0n) is 21.7. The summed E-state index contributed by atoms with van der Waals surface area (Å²) in [6.45, 7) is 0.227. The van der Waals surface area contributed by atoms with Gasteiger partial charge in [-0.25, -0.2) is 4.79 Å². The SMILES string of the molecule is NC(=O)CCC(NC(=O)C(N)CCCN=C(N)N)C(=O)NC(Cc1ccccc1)C(=O)NC(CC(=O)O)C(=O)O. The van der Waals surface area contributed by atoms with Crippen molar-refractivity contribution in [2.24, 2.45) is 27.9 Å². The molecular weight excluding hydrogens is 528 g/mol. The number of nitrogens with zero attached hydrogens (tertiary/aromatic N) is 1. The average molecular weight is 565 g/mol. The maximum atomic E-state index is 13.2. The molecule has 1 aromatic rings. The fraction of sp³-hybridized carbons (Fsp3) is 0.458. The molecule has 16 heteroatoms. The quantitative estimate of drug-likeness (QED) is 0.0488. The van der Waals surface area contributed by atoms with E-state index in [1.807, 2.05) is 0 Å². The number of carboxylic acid groups (broad SMARTS) is 2. The van der Waals surface area contributed by atoms with Crippen LogP contribution in [-0.2, 0) is 35.2 Å². The first-order chi connectivity index (χ1) is 18.8. The first-order valence-corrected chi connectivity index (χ1v) is 12.3. The Bertz CT molecular complexity index is 1080. The Hall–Kier alpha value is -4.73. The Morgan fingerprint density at radius 1 is 0.800 bits per heavy atom. The molecule has 4 unspecified atom stereocenters. The fourth-order valence-electron chi connectivity index (χ4n) is 3.46. The van der Waals surface area contributed by atoms with Gasteiger partial charge in [-0.15, -0.1) is 0 Å². The smallest absolute Gasteiger partial charge is 0.326 e.